The molecular weight excluding hydrogens is 368 g/mol. The van der Waals surface area contributed by atoms with Crippen molar-refractivity contribution in [3.05, 3.63) is 96.1 Å². The Balaban J connectivity index is 1.44. The number of H-pyrrole nitrogens is 2. The standard InChI is InChI=1S/C26H22N4/c1-17-6-10-19(11-7-17)23-15-25(29-27-23)21-4-3-5-22(14-21)26-16-24(28-30-26)20-12-8-18(2)9-13-20/h3-16H,1-2H3,(H,27,29)(H,28,30). The molecule has 0 aliphatic heterocycles. The van der Waals surface area contributed by atoms with Crippen LogP contribution in [0, 0.1) is 13.8 Å². The Morgan fingerprint density at radius 3 is 1.37 bits per heavy atom. The number of rotatable bonds is 4. The predicted molar refractivity (Wildman–Crippen MR) is 122 cm³/mol. The van der Waals surface area contributed by atoms with E-state index in [4.69, 9.17) is 0 Å². The van der Waals surface area contributed by atoms with Crippen molar-refractivity contribution < 1.29 is 0 Å². The van der Waals surface area contributed by atoms with Gasteiger partial charge in [0, 0.05) is 11.1 Å². The summed E-state index contributed by atoms with van der Waals surface area (Å²) < 4.78 is 0. The Bertz CT molecular complexity index is 1190. The molecule has 4 heteroatoms. The summed E-state index contributed by atoms with van der Waals surface area (Å²) >= 11 is 0. The van der Waals surface area contributed by atoms with Crippen molar-refractivity contribution >= 4 is 0 Å². The molecule has 30 heavy (non-hydrogen) atoms. The molecule has 0 aliphatic rings. The van der Waals surface area contributed by atoms with Gasteiger partial charge in [0.2, 0.25) is 0 Å². The van der Waals surface area contributed by atoms with E-state index in [2.05, 4.69) is 113 Å². The van der Waals surface area contributed by atoms with Crippen LogP contribution in [0.25, 0.3) is 45.0 Å². The Kier molecular flexibility index (Phi) is 4.52. The van der Waals surface area contributed by atoms with Crippen LogP contribution in [-0.4, -0.2) is 20.4 Å². The molecule has 5 aromatic rings. The monoisotopic (exact) mass is 390 g/mol. The van der Waals surface area contributed by atoms with Crippen molar-refractivity contribution in [2.45, 2.75) is 13.8 Å². The third kappa shape index (κ3) is 3.55. The molecule has 5 rings (SSSR count). The van der Waals surface area contributed by atoms with Crippen LogP contribution in [0.1, 0.15) is 11.1 Å². The normalized spacial score (nSPS) is 11.0. The lowest BCUT2D eigenvalue weighted by Crippen LogP contribution is -1.82. The van der Waals surface area contributed by atoms with Crippen LogP contribution in [0.3, 0.4) is 0 Å². The SMILES string of the molecule is Cc1ccc(-c2cc(-c3cccc(-c4cc(-c5ccc(C)cc5)[nH]n4)c3)n[nH]2)cc1. The minimum absolute atomic E-state index is 0.918. The summed E-state index contributed by atoms with van der Waals surface area (Å²) in [5.41, 5.74) is 10.7. The fourth-order valence-electron chi connectivity index (χ4n) is 3.54. The van der Waals surface area contributed by atoms with E-state index in [1.807, 2.05) is 6.07 Å². The number of benzene rings is 3. The van der Waals surface area contributed by atoms with Gasteiger partial charge in [0.05, 0.1) is 22.8 Å². The number of aromatic nitrogens is 4. The minimum atomic E-state index is 0.918. The van der Waals surface area contributed by atoms with Gasteiger partial charge in [-0.05, 0) is 43.2 Å². The molecule has 0 unspecified atom stereocenters. The maximum absolute atomic E-state index is 4.53. The third-order valence-electron chi connectivity index (χ3n) is 5.33. The van der Waals surface area contributed by atoms with Gasteiger partial charge in [-0.25, -0.2) is 0 Å². The molecule has 2 N–H and O–H groups in total. The molecule has 0 saturated heterocycles. The van der Waals surface area contributed by atoms with Gasteiger partial charge in [0.1, 0.15) is 0 Å². The lowest BCUT2D eigenvalue weighted by molar-refractivity contribution is 1.10. The molecular formula is C26H22N4. The summed E-state index contributed by atoms with van der Waals surface area (Å²) in [5, 5.41) is 15.4. The average Bonchev–Trinajstić information content (AvgIpc) is 3.45. The number of hydrogen-bond donors (Lipinski definition) is 2. The van der Waals surface area contributed by atoms with Crippen molar-refractivity contribution in [2.75, 3.05) is 0 Å². The Morgan fingerprint density at radius 2 is 0.933 bits per heavy atom. The predicted octanol–water partition coefficient (Wildman–Crippen LogP) is 6.42. The molecule has 2 aromatic heterocycles. The summed E-state index contributed by atoms with van der Waals surface area (Å²) in [6.07, 6.45) is 0. The zero-order chi connectivity index (χ0) is 20.5. The van der Waals surface area contributed by atoms with E-state index >= 15 is 0 Å². The van der Waals surface area contributed by atoms with E-state index in [0.29, 0.717) is 0 Å². The largest absolute Gasteiger partial charge is 0.277 e. The van der Waals surface area contributed by atoms with Gasteiger partial charge in [-0.15, -0.1) is 0 Å². The summed E-state index contributed by atoms with van der Waals surface area (Å²) in [7, 11) is 0. The second kappa shape index (κ2) is 7.48. The van der Waals surface area contributed by atoms with Crippen molar-refractivity contribution in [3.8, 4) is 45.0 Å². The maximum atomic E-state index is 4.53. The smallest absolute Gasteiger partial charge is 0.0927 e. The molecule has 2 heterocycles. The fraction of sp³-hybridized carbons (Fsp3) is 0.0769. The highest BCUT2D eigenvalue weighted by Crippen LogP contribution is 2.29. The molecule has 0 amide bonds. The molecule has 0 atom stereocenters. The Labute approximate surface area is 175 Å². The van der Waals surface area contributed by atoms with Gasteiger partial charge in [0.25, 0.3) is 0 Å². The van der Waals surface area contributed by atoms with Crippen molar-refractivity contribution in [1.82, 2.24) is 20.4 Å². The highest BCUT2D eigenvalue weighted by atomic mass is 15.1. The number of aromatic amines is 2. The van der Waals surface area contributed by atoms with Crippen LogP contribution in [-0.2, 0) is 0 Å². The van der Waals surface area contributed by atoms with Crippen molar-refractivity contribution in [1.29, 1.82) is 0 Å². The molecule has 0 bridgehead atoms. The first-order valence-corrected chi connectivity index (χ1v) is 10.0. The van der Waals surface area contributed by atoms with Crippen LogP contribution < -0.4 is 0 Å². The first kappa shape index (κ1) is 18.1. The van der Waals surface area contributed by atoms with Crippen LogP contribution in [0.15, 0.2) is 84.9 Å². The van der Waals surface area contributed by atoms with E-state index in [1.165, 1.54) is 11.1 Å². The second-order valence-corrected chi connectivity index (χ2v) is 7.65. The van der Waals surface area contributed by atoms with Gasteiger partial charge < -0.3 is 0 Å². The van der Waals surface area contributed by atoms with E-state index in [0.717, 1.165) is 45.0 Å². The van der Waals surface area contributed by atoms with E-state index in [1.54, 1.807) is 0 Å². The summed E-state index contributed by atoms with van der Waals surface area (Å²) in [4.78, 5) is 0. The molecule has 146 valence electrons. The molecule has 0 aliphatic carbocycles. The highest BCUT2D eigenvalue weighted by molar-refractivity contribution is 5.74. The van der Waals surface area contributed by atoms with Gasteiger partial charge in [0.15, 0.2) is 0 Å². The topological polar surface area (TPSA) is 57.4 Å². The number of aryl methyl sites for hydroxylation is 2. The lowest BCUT2D eigenvalue weighted by Gasteiger charge is -2.00. The average molecular weight is 390 g/mol. The van der Waals surface area contributed by atoms with E-state index < -0.39 is 0 Å². The van der Waals surface area contributed by atoms with Gasteiger partial charge in [-0.2, -0.15) is 10.2 Å². The van der Waals surface area contributed by atoms with Gasteiger partial charge >= 0.3 is 0 Å². The highest BCUT2D eigenvalue weighted by Gasteiger charge is 2.10. The lowest BCUT2D eigenvalue weighted by atomic mass is 10.0. The van der Waals surface area contributed by atoms with Crippen LogP contribution >= 0.6 is 0 Å². The summed E-state index contributed by atoms with van der Waals surface area (Å²) in [6, 6.07) is 29.4. The quantitative estimate of drug-likeness (QED) is 0.372. The fourth-order valence-corrected chi connectivity index (χ4v) is 3.54. The zero-order valence-electron chi connectivity index (χ0n) is 17.0. The van der Waals surface area contributed by atoms with Crippen LogP contribution in [0.2, 0.25) is 0 Å². The van der Waals surface area contributed by atoms with E-state index in [-0.39, 0.29) is 0 Å². The molecule has 0 saturated carbocycles. The zero-order valence-corrected chi connectivity index (χ0v) is 17.0. The summed E-state index contributed by atoms with van der Waals surface area (Å²) in [5.74, 6) is 0. The van der Waals surface area contributed by atoms with Crippen molar-refractivity contribution in [3.63, 3.8) is 0 Å². The number of nitrogens with zero attached hydrogens (tertiary/aromatic N) is 2. The Hall–Kier alpha value is -3.92. The maximum Gasteiger partial charge on any atom is 0.0927 e. The van der Waals surface area contributed by atoms with E-state index in [9.17, 15) is 0 Å². The molecule has 0 spiro atoms. The molecule has 0 fully saturated rings. The third-order valence-corrected chi connectivity index (χ3v) is 5.33. The molecule has 3 aromatic carbocycles. The Morgan fingerprint density at radius 1 is 0.500 bits per heavy atom. The molecule has 0 radical (unpaired) electrons. The minimum Gasteiger partial charge on any atom is -0.277 e. The molecule has 4 nitrogen and oxygen atoms in total. The van der Waals surface area contributed by atoms with Gasteiger partial charge in [-0.1, -0.05) is 77.9 Å². The van der Waals surface area contributed by atoms with Crippen LogP contribution in [0.5, 0.6) is 0 Å². The second-order valence-electron chi connectivity index (χ2n) is 7.65. The van der Waals surface area contributed by atoms with Gasteiger partial charge in [-0.3, -0.25) is 10.2 Å². The first-order valence-electron chi connectivity index (χ1n) is 10.0. The number of nitrogens with one attached hydrogen (secondary N) is 2. The van der Waals surface area contributed by atoms with Crippen LogP contribution in [0.4, 0.5) is 0 Å². The number of hydrogen-bond acceptors (Lipinski definition) is 2. The van der Waals surface area contributed by atoms with Crippen molar-refractivity contribution in [2.24, 2.45) is 0 Å². The first-order chi connectivity index (χ1) is 14.7. The summed E-state index contributed by atoms with van der Waals surface area (Å²) in [6.45, 7) is 4.18.